The van der Waals surface area contributed by atoms with Gasteiger partial charge in [-0.15, -0.1) is 5.10 Å². The van der Waals surface area contributed by atoms with Crippen molar-refractivity contribution in [2.24, 2.45) is 5.92 Å². The molecule has 1 aromatic heterocycles. The van der Waals surface area contributed by atoms with Crippen LogP contribution in [0.25, 0.3) is 11.4 Å². The molecule has 2 aromatic carbocycles. The largest absolute Gasteiger partial charge is 0.342 e. The molecule has 2 amide bonds. The van der Waals surface area contributed by atoms with Gasteiger partial charge in [-0.3, -0.25) is 14.7 Å². The number of hydrogen-bond donors (Lipinski definition) is 2. The van der Waals surface area contributed by atoms with E-state index in [0.717, 1.165) is 11.3 Å². The van der Waals surface area contributed by atoms with E-state index in [1.807, 2.05) is 47.4 Å². The molecule has 1 aliphatic heterocycles. The molecule has 160 valence electrons. The molecule has 0 bridgehead atoms. The van der Waals surface area contributed by atoms with Crippen LogP contribution in [0, 0.1) is 5.92 Å². The first-order chi connectivity index (χ1) is 15.1. The van der Waals surface area contributed by atoms with Gasteiger partial charge in [0, 0.05) is 35.3 Å². The Bertz CT molecular complexity index is 1030. The molecule has 1 fully saturated rings. The van der Waals surface area contributed by atoms with Crippen molar-refractivity contribution in [2.45, 2.75) is 18.0 Å². The molecule has 31 heavy (non-hydrogen) atoms. The second-order valence-corrected chi connectivity index (χ2v) is 8.65. The van der Waals surface area contributed by atoms with Crippen molar-refractivity contribution in [1.82, 2.24) is 20.1 Å². The van der Waals surface area contributed by atoms with E-state index in [4.69, 9.17) is 11.6 Å². The number of nitrogens with one attached hydrogen (secondary N) is 2. The van der Waals surface area contributed by atoms with E-state index in [1.165, 1.54) is 11.8 Å². The van der Waals surface area contributed by atoms with E-state index in [0.29, 0.717) is 41.9 Å². The molecule has 0 atom stereocenters. The second kappa shape index (κ2) is 9.98. The van der Waals surface area contributed by atoms with Gasteiger partial charge in [-0.25, -0.2) is 4.98 Å². The number of piperidine rings is 1. The van der Waals surface area contributed by atoms with Crippen molar-refractivity contribution >= 4 is 40.9 Å². The van der Waals surface area contributed by atoms with Crippen molar-refractivity contribution in [3.05, 3.63) is 59.6 Å². The van der Waals surface area contributed by atoms with Crippen molar-refractivity contribution in [1.29, 1.82) is 0 Å². The smallest absolute Gasteiger partial charge is 0.233 e. The molecule has 0 radical (unpaired) electrons. The van der Waals surface area contributed by atoms with Gasteiger partial charge in [-0.2, -0.15) is 0 Å². The molecule has 0 aliphatic carbocycles. The zero-order valence-electron chi connectivity index (χ0n) is 16.8. The molecule has 1 saturated heterocycles. The van der Waals surface area contributed by atoms with Crippen molar-refractivity contribution in [3.8, 4) is 11.4 Å². The SMILES string of the molecule is O=C(Nc1ccccc1)C1CCN(C(=O)CSc2n[nH]c(-c3ccc(Cl)cc3)n2)CC1. The van der Waals surface area contributed by atoms with Crippen LogP contribution in [0.15, 0.2) is 59.8 Å². The third-order valence-electron chi connectivity index (χ3n) is 5.17. The highest BCUT2D eigenvalue weighted by atomic mass is 35.5. The molecular formula is C22H22ClN5O2S. The average molecular weight is 456 g/mol. The summed E-state index contributed by atoms with van der Waals surface area (Å²) in [6, 6.07) is 16.7. The fourth-order valence-corrected chi connectivity index (χ4v) is 4.25. The number of aromatic amines is 1. The minimum atomic E-state index is -0.0770. The summed E-state index contributed by atoms with van der Waals surface area (Å²) in [4.78, 5) is 31.3. The monoisotopic (exact) mass is 455 g/mol. The summed E-state index contributed by atoms with van der Waals surface area (Å²) >= 11 is 7.21. The Morgan fingerprint density at radius 2 is 1.81 bits per heavy atom. The zero-order valence-corrected chi connectivity index (χ0v) is 18.3. The number of rotatable bonds is 6. The van der Waals surface area contributed by atoms with Gasteiger partial charge in [0.1, 0.15) is 0 Å². The second-order valence-electron chi connectivity index (χ2n) is 7.27. The maximum Gasteiger partial charge on any atom is 0.233 e. The van der Waals surface area contributed by atoms with Crippen molar-refractivity contribution in [3.63, 3.8) is 0 Å². The van der Waals surface area contributed by atoms with E-state index in [2.05, 4.69) is 20.5 Å². The van der Waals surface area contributed by atoms with Crippen LogP contribution >= 0.6 is 23.4 Å². The molecule has 2 N–H and O–H groups in total. The highest BCUT2D eigenvalue weighted by molar-refractivity contribution is 7.99. The van der Waals surface area contributed by atoms with Gasteiger partial charge in [-0.05, 0) is 49.2 Å². The van der Waals surface area contributed by atoms with Crippen molar-refractivity contribution < 1.29 is 9.59 Å². The van der Waals surface area contributed by atoms with E-state index in [1.54, 1.807) is 12.1 Å². The Labute approximate surface area is 189 Å². The number of hydrogen-bond acceptors (Lipinski definition) is 5. The molecule has 1 aliphatic rings. The Hall–Kier alpha value is -2.84. The molecule has 0 spiro atoms. The number of amides is 2. The number of benzene rings is 2. The minimum Gasteiger partial charge on any atom is -0.342 e. The number of anilines is 1. The van der Waals surface area contributed by atoms with Gasteiger partial charge in [-0.1, -0.05) is 41.6 Å². The minimum absolute atomic E-state index is 0.0168. The third-order valence-corrected chi connectivity index (χ3v) is 6.25. The van der Waals surface area contributed by atoms with Crippen LogP contribution in [0.4, 0.5) is 5.69 Å². The zero-order chi connectivity index (χ0) is 21.6. The van der Waals surface area contributed by atoms with Crippen LogP contribution in [0.1, 0.15) is 12.8 Å². The first-order valence-electron chi connectivity index (χ1n) is 10.0. The molecule has 0 saturated carbocycles. The highest BCUT2D eigenvalue weighted by Gasteiger charge is 2.27. The lowest BCUT2D eigenvalue weighted by Crippen LogP contribution is -2.42. The number of carbonyl (C=O) groups excluding carboxylic acids is 2. The molecule has 0 unspecified atom stereocenters. The van der Waals surface area contributed by atoms with Crippen LogP contribution < -0.4 is 5.32 Å². The summed E-state index contributed by atoms with van der Waals surface area (Å²) < 4.78 is 0. The van der Waals surface area contributed by atoms with Crippen LogP contribution in [-0.4, -0.2) is 50.7 Å². The number of nitrogens with zero attached hydrogens (tertiary/aromatic N) is 3. The molecule has 7 nitrogen and oxygen atoms in total. The van der Waals surface area contributed by atoms with Crippen LogP contribution in [0.3, 0.4) is 0 Å². The van der Waals surface area contributed by atoms with Gasteiger partial charge in [0.15, 0.2) is 5.82 Å². The summed E-state index contributed by atoms with van der Waals surface area (Å²) in [6.45, 7) is 1.16. The number of halogens is 1. The van der Waals surface area contributed by atoms with Gasteiger partial charge in [0.25, 0.3) is 0 Å². The average Bonchev–Trinajstić information content (AvgIpc) is 3.28. The molecule has 9 heteroatoms. The van der Waals surface area contributed by atoms with Gasteiger partial charge < -0.3 is 10.2 Å². The fourth-order valence-electron chi connectivity index (χ4n) is 3.42. The summed E-state index contributed by atoms with van der Waals surface area (Å²) in [5, 5.41) is 11.2. The first kappa shape index (κ1) is 21.4. The maximum absolute atomic E-state index is 12.6. The van der Waals surface area contributed by atoms with E-state index in [9.17, 15) is 9.59 Å². The number of para-hydroxylation sites is 1. The van der Waals surface area contributed by atoms with Crippen LogP contribution in [0.5, 0.6) is 0 Å². The summed E-state index contributed by atoms with van der Waals surface area (Å²) in [5.41, 5.74) is 1.68. The Kier molecular flexibility index (Phi) is 6.89. The quantitative estimate of drug-likeness (QED) is 0.546. The van der Waals surface area contributed by atoms with E-state index in [-0.39, 0.29) is 23.5 Å². The number of H-pyrrole nitrogens is 1. The number of thioether (sulfide) groups is 1. The first-order valence-corrected chi connectivity index (χ1v) is 11.4. The van der Waals surface area contributed by atoms with Gasteiger partial charge >= 0.3 is 0 Å². The lowest BCUT2D eigenvalue weighted by atomic mass is 9.96. The summed E-state index contributed by atoms with van der Waals surface area (Å²) in [5.74, 6) is 0.871. The predicted molar refractivity (Wildman–Crippen MR) is 122 cm³/mol. The number of carbonyl (C=O) groups is 2. The van der Waals surface area contributed by atoms with Gasteiger partial charge in [0.2, 0.25) is 17.0 Å². The van der Waals surface area contributed by atoms with E-state index < -0.39 is 0 Å². The normalized spacial score (nSPS) is 14.4. The summed E-state index contributed by atoms with van der Waals surface area (Å²) in [6.07, 6.45) is 1.33. The maximum atomic E-state index is 12.6. The molecule has 4 rings (SSSR count). The molecule has 2 heterocycles. The van der Waals surface area contributed by atoms with E-state index >= 15 is 0 Å². The lowest BCUT2D eigenvalue weighted by molar-refractivity contribution is -0.132. The number of likely N-dealkylation sites (tertiary alicyclic amines) is 1. The fraction of sp³-hybridized carbons (Fsp3) is 0.273. The molecule has 3 aromatic rings. The topological polar surface area (TPSA) is 91.0 Å². The Morgan fingerprint density at radius 1 is 1.10 bits per heavy atom. The standard InChI is InChI=1S/C22H22ClN5O2S/c23-17-8-6-15(7-9-17)20-25-22(27-26-20)31-14-19(29)28-12-10-16(11-13-28)21(30)24-18-4-2-1-3-5-18/h1-9,16H,10-14H2,(H,24,30)(H,25,26,27). The molecular weight excluding hydrogens is 434 g/mol. The predicted octanol–water partition coefficient (Wildman–Crippen LogP) is 4.09. The van der Waals surface area contributed by atoms with Crippen molar-refractivity contribution in [2.75, 3.05) is 24.2 Å². The number of aromatic nitrogens is 3. The van der Waals surface area contributed by atoms with Crippen LogP contribution in [-0.2, 0) is 9.59 Å². The third kappa shape index (κ3) is 5.65. The Morgan fingerprint density at radius 3 is 2.52 bits per heavy atom. The van der Waals surface area contributed by atoms with Crippen LogP contribution in [0.2, 0.25) is 5.02 Å². The lowest BCUT2D eigenvalue weighted by Gasteiger charge is -2.31. The van der Waals surface area contributed by atoms with Gasteiger partial charge in [0.05, 0.1) is 5.75 Å². The summed E-state index contributed by atoms with van der Waals surface area (Å²) in [7, 11) is 0. The Balaban J connectivity index is 1.23. The highest BCUT2D eigenvalue weighted by Crippen LogP contribution is 2.23.